The summed E-state index contributed by atoms with van der Waals surface area (Å²) in [6.07, 6.45) is -0.892. The van der Waals surface area contributed by atoms with Crippen molar-refractivity contribution in [2.24, 2.45) is 11.8 Å². The van der Waals surface area contributed by atoms with Crippen LogP contribution >= 0.6 is 0 Å². The molecule has 0 spiro atoms. The van der Waals surface area contributed by atoms with Crippen LogP contribution in [0, 0.1) is 11.8 Å². The summed E-state index contributed by atoms with van der Waals surface area (Å²) >= 11 is 0. The fraction of sp³-hybridized carbons (Fsp3) is 0.588. The number of rotatable bonds is 1. The highest BCUT2D eigenvalue weighted by Gasteiger charge is 2.56. The molecule has 0 aromatic heterocycles. The minimum Gasteiger partial charge on any atom is -0.507 e. The molecule has 1 aromatic carbocycles. The van der Waals surface area contributed by atoms with Crippen LogP contribution in [0.5, 0.6) is 11.5 Å². The van der Waals surface area contributed by atoms with Crippen molar-refractivity contribution in [1.82, 2.24) is 0 Å². The molecule has 2 aliphatic carbocycles. The number of aromatic hydroxyl groups is 1. The number of fused-ring (bicyclic) bond motifs is 2. The van der Waals surface area contributed by atoms with Gasteiger partial charge in [-0.1, -0.05) is 0 Å². The molecule has 2 unspecified atom stereocenters. The molecule has 0 saturated heterocycles. The first-order valence-corrected chi connectivity index (χ1v) is 7.67. The Bertz CT molecular complexity index is 663. The fourth-order valence-corrected chi connectivity index (χ4v) is 3.90. The Morgan fingerprint density at radius 3 is 2.39 bits per heavy atom. The van der Waals surface area contributed by atoms with Crippen LogP contribution in [-0.4, -0.2) is 44.5 Å². The van der Waals surface area contributed by atoms with Crippen LogP contribution in [0.2, 0.25) is 0 Å². The smallest absolute Gasteiger partial charge is 0.170 e. The normalized spacial score (nSPS) is 39.6. The van der Waals surface area contributed by atoms with Gasteiger partial charge >= 0.3 is 0 Å². The van der Waals surface area contributed by atoms with Crippen molar-refractivity contribution in [2.45, 2.75) is 44.0 Å². The first-order chi connectivity index (χ1) is 10.6. The molecule has 0 heterocycles. The first-order valence-electron chi connectivity index (χ1n) is 7.67. The Morgan fingerprint density at radius 2 is 1.78 bits per heavy atom. The number of aliphatic hydroxyl groups is 3. The lowest BCUT2D eigenvalue weighted by Gasteiger charge is -2.51. The van der Waals surface area contributed by atoms with E-state index in [1.165, 1.54) is 33.1 Å². The van der Waals surface area contributed by atoms with Gasteiger partial charge in [0.05, 0.1) is 30.0 Å². The second kappa shape index (κ2) is 4.93. The zero-order chi connectivity index (χ0) is 17.2. The zero-order valence-corrected chi connectivity index (χ0v) is 13.4. The predicted octanol–water partition coefficient (Wildman–Crippen LogP) is 1.16. The highest BCUT2D eigenvalue weighted by atomic mass is 16.5. The van der Waals surface area contributed by atoms with Gasteiger partial charge in [0, 0.05) is 17.9 Å². The van der Waals surface area contributed by atoms with E-state index in [-0.39, 0.29) is 29.9 Å². The number of ketones is 1. The average molecular weight is 322 g/mol. The maximum absolute atomic E-state index is 12.8. The van der Waals surface area contributed by atoms with E-state index in [9.17, 15) is 25.2 Å². The van der Waals surface area contributed by atoms with Crippen LogP contribution in [-0.2, 0) is 0 Å². The van der Waals surface area contributed by atoms with Crippen molar-refractivity contribution in [2.75, 3.05) is 7.11 Å². The minimum atomic E-state index is -1.44. The number of benzene rings is 1. The van der Waals surface area contributed by atoms with E-state index in [1.807, 2.05) is 0 Å². The molecule has 3 rings (SSSR count). The van der Waals surface area contributed by atoms with E-state index in [2.05, 4.69) is 0 Å². The van der Waals surface area contributed by atoms with Gasteiger partial charge < -0.3 is 25.2 Å². The van der Waals surface area contributed by atoms with Crippen molar-refractivity contribution in [3.05, 3.63) is 23.3 Å². The first kappa shape index (κ1) is 16.2. The summed E-state index contributed by atoms with van der Waals surface area (Å²) in [4.78, 5) is 12.8. The summed E-state index contributed by atoms with van der Waals surface area (Å²) in [6.45, 7) is 3.01. The molecular formula is C17H22O6. The quantitative estimate of drug-likeness (QED) is 0.618. The van der Waals surface area contributed by atoms with Gasteiger partial charge in [-0.15, -0.1) is 0 Å². The monoisotopic (exact) mass is 322 g/mol. The summed E-state index contributed by atoms with van der Waals surface area (Å²) in [5.41, 5.74) is -2.46. The number of hydrogen-bond acceptors (Lipinski definition) is 6. The molecule has 126 valence electrons. The fourth-order valence-electron chi connectivity index (χ4n) is 3.90. The Kier molecular flexibility index (Phi) is 3.48. The van der Waals surface area contributed by atoms with Crippen LogP contribution in [0.15, 0.2) is 12.1 Å². The highest BCUT2D eigenvalue weighted by Crippen LogP contribution is 2.53. The van der Waals surface area contributed by atoms with Crippen molar-refractivity contribution >= 4 is 5.78 Å². The van der Waals surface area contributed by atoms with Gasteiger partial charge in [-0.05, 0) is 38.3 Å². The van der Waals surface area contributed by atoms with Gasteiger partial charge in [0.1, 0.15) is 11.5 Å². The number of hydrogen-bond donors (Lipinski definition) is 4. The third-order valence-electron chi connectivity index (χ3n) is 5.59. The van der Waals surface area contributed by atoms with Gasteiger partial charge in [-0.25, -0.2) is 0 Å². The molecule has 6 nitrogen and oxygen atoms in total. The number of ether oxygens (including phenoxy) is 1. The number of aliphatic hydroxyl groups excluding tert-OH is 1. The van der Waals surface area contributed by atoms with Gasteiger partial charge in [0.25, 0.3) is 0 Å². The summed E-state index contributed by atoms with van der Waals surface area (Å²) in [5, 5.41) is 41.8. The number of phenolic OH excluding ortho intramolecular Hbond substituents is 1. The zero-order valence-electron chi connectivity index (χ0n) is 13.4. The van der Waals surface area contributed by atoms with Crippen molar-refractivity contribution in [3.8, 4) is 11.5 Å². The standard InChI is InChI=1S/C17H22O6/c1-16(21)6-10-11(7-17(16,2)22)15(20)13-9(14(10)19)4-8(23-3)5-12(13)18/h4-5,10-11,14,18-19,21-22H,6-7H2,1-3H3/t10?,11?,14-,16-,17-/m0/s1. The summed E-state index contributed by atoms with van der Waals surface area (Å²) in [5.74, 6) is -1.37. The molecular weight excluding hydrogens is 300 g/mol. The maximum atomic E-state index is 12.8. The van der Waals surface area contributed by atoms with Crippen LogP contribution in [0.4, 0.5) is 0 Å². The second-order valence-electron chi connectivity index (χ2n) is 7.15. The lowest BCUT2D eigenvalue weighted by atomic mass is 9.58. The molecule has 0 bridgehead atoms. The van der Waals surface area contributed by atoms with Gasteiger partial charge in [0.15, 0.2) is 5.78 Å². The lowest BCUT2D eigenvalue weighted by Crippen LogP contribution is -2.59. The topological polar surface area (TPSA) is 107 Å². The minimum absolute atomic E-state index is 0.0332. The molecule has 1 fully saturated rings. The van der Waals surface area contributed by atoms with Gasteiger partial charge in [0.2, 0.25) is 0 Å². The molecule has 5 atom stereocenters. The van der Waals surface area contributed by atoms with Crippen molar-refractivity contribution in [3.63, 3.8) is 0 Å². The van der Waals surface area contributed by atoms with Crippen molar-refractivity contribution in [1.29, 1.82) is 0 Å². The van der Waals surface area contributed by atoms with Crippen LogP contribution < -0.4 is 4.74 Å². The second-order valence-corrected chi connectivity index (χ2v) is 7.15. The Balaban J connectivity index is 2.12. The SMILES string of the molecule is COc1cc(O)c2c(c1)[C@H](O)C1C[C@](C)(O)[C@@](C)(O)CC1C2=O. The molecule has 6 heteroatoms. The molecule has 23 heavy (non-hydrogen) atoms. The molecule has 1 aromatic rings. The third kappa shape index (κ3) is 2.24. The number of methoxy groups -OCH3 is 1. The van der Waals surface area contributed by atoms with E-state index < -0.39 is 29.1 Å². The van der Waals surface area contributed by atoms with E-state index in [1.54, 1.807) is 0 Å². The van der Waals surface area contributed by atoms with Crippen LogP contribution in [0.25, 0.3) is 0 Å². The lowest BCUT2D eigenvalue weighted by molar-refractivity contribution is -0.186. The van der Waals surface area contributed by atoms with E-state index in [0.29, 0.717) is 11.3 Å². The van der Waals surface area contributed by atoms with Gasteiger partial charge in [-0.3, -0.25) is 4.79 Å². The Morgan fingerprint density at radius 1 is 1.17 bits per heavy atom. The summed E-state index contributed by atoms with van der Waals surface area (Å²) < 4.78 is 5.08. The highest BCUT2D eigenvalue weighted by molar-refractivity contribution is 6.03. The van der Waals surface area contributed by atoms with Crippen molar-refractivity contribution < 1.29 is 30.0 Å². The molecule has 1 saturated carbocycles. The Hall–Kier alpha value is -1.63. The summed E-state index contributed by atoms with van der Waals surface area (Å²) in [7, 11) is 1.43. The number of Topliss-reactive ketones (excluding diaryl/α,β-unsaturated/α-hetero) is 1. The molecule has 2 aliphatic rings. The molecule has 4 N–H and O–H groups in total. The number of carbonyl (C=O) groups is 1. The third-order valence-corrected chi connectivity index (χ3v) is 5.59. The maximum Gasteiger partial charge on any atom is 0.170 e. The number of carbonyl (C=O) groups excluding carboxylic acids is 1. The Labute approximate surface area is 134 Å². The average Bonchev–Trinajstić information content (AvgIpc) is 2.46. The molecule has 0 aliphatic heterocycles. The van der Waals surface area contributed by atoms with Gasteiger partial charge in [-0.2, -0.15) is 0 Å². The molecule has 0 radical (unpaired) electrons. The van der Waals surface area contributed by atoms with E-state index >= 15 is 0 Å². The van der Waals surface area contributed by atoms with Crippen LogP contribution in [0.3, 0.4) is 0 Å². The van der Waals surface area contributed by atoms with Crippen LogP contribution in [0.1, 0.15) is 48.7 Å². The van der Waals surface area contributed by atoms with E-state index in [0.717, 1.165) is 0 Å². The summed E-state index contributed by atoms with van der Waals surface area (Å²) in [6, 6.07) is 2.87. The molecule has 0 amide bonds. The largest absolute Gasteiger partial charge is 0.507 e. The predicted molar refractivity (Wildman–Crippen MR) is 81.4 cm³/mol. The van der Waals surface area contributed by atoms with E-state index in [4.69, 9.17) is 4.74 Å². The number of phenols is 1.